The lowest BCUT2D eigenvalue weighted by Crippen LogP contribution is -2.10. The number of nitrogens with zero attached hydrogens (tertiary/aromatic N) is 3. The van der Waals surface area contributed by atoms with E-state index in [0.717, 1.165) is 16.5 Å². The molecule has 6 nitrogen and oxygen atoms in total. The second-order valence-electron chi connectivity index (χ2n) is 4.95. The minimum atomic E-state index is -0.416. The molecule has 6 heteroatoms. The summed E-state index contributed by atoms with van der Waals surface area (Å²) >= 11 is 0. The normalized spacial score (nSPS) is 12.0. The summed E-state index contributed by atoms with van der Waals surface area (Å²) in [6, 6.07) is 12.5. The Labute approximate surface area is 127 Å². The molecule has 3 rings (SSSR count). The molecular weight excluding hydrogens is 280 g/mol. The van der Waals surface area contributed by atoms with Crippen molar-refractivity contribution in [1.29, 1.82) is 0 Å². The van der Waals surface area contributed by atoms with Gasteiger partial charge < -0.3 is 5.32 Å². The van der Waals surface area contributed by atoms with Crippen molar-refractivity contribution < 1.29 is 4.92 Å². The van der Waals surface area contributed by atoms with E-state index in [4.69, 9.17) is 0 Å². The maximum absolute atomic E-state index is 11.3. The van der Waals surface area contributed by atoms with E-state index in [1.165, 1.54) is 0 Å². The first-order valence-electron chi connectivity index (χ1n) is 6.86. The number of nitro groups is 1. The van der Waals surface area contributed by atoms with Crippen LogP contribution in [0.2, 0.25) is 0 Å². The predicted molar refractivity (Wildman–Crippen MR) is 84.7 cm³/mol. The molecule has 1 aromatic carbocycles. The molecule has 2 heterocycles. The van der Waals surface area contributed by atoms with E-state index in [1.807, 2.05) is 43.3 Å². The van der Waals surface area contributed by atoms with Crippen molar-refractivity contribution in [3.63, 3.8) is 0 Å². The number of anilines is 1. The zero-order valence-corrected chi connectivity index (χ0v) is 11.9. The molecular formula is C16H14N4O2. The van der Waals surface area contributed by atoms with Gasteiger partial charge in [0.15, 0.2) is 0 Å². The smallest absolute Gasteiger partial charge is 0.312 e. The number of aromatic nitrogens is 2. The zero-order chi connectivity index (χ0) is 15.5. The molecule has 1 N–H and O–H groups in total. The first kappa shape index (κ1) is 13.9. The summed E-state index contributed by atoms with van der Waals surface area (Å²) in [6.45, 7) is 1.93. The molecule has 0 unspecified atom stereocenters. The summed E-state index contributed by atoms with van der Waals surface area (Å²) in [5.74, 6) is 0.271. The van der Waals surface area contributed by atoms with E-state index < -0.39 is 4.92 Å². The Balaban J connectivity index is 2.01. The summed E-state index contributed by atoms with van der Waals surface area (Å²) in [7, 11) is 0. The van der Waals surface area contributed by atoms with Gasteiger partial charge in [-0.25, -0.2) is 4.98 Å². The lowest BCUT2D eigenvalue weighted by molar-refractivity contribution is -0.384. The molecule has 0 bridgehead atoms. The fourth-order valence-electron chi connectivity index (χ4n) is 2.29. The largest absolute Gasteiger partial charge is 0.358 e. The van der Waals surface area contributed by atoms with Gasteiger partial charge in [0, 0.05) is 23.8 Å². The number of hydrogen-bond donors (Lipinski definition) is 1. The molecule has 0 radical (unpaired) electrons. The standard InChI is InChI=1S/C16H14N4O2/c1-11(12-6-8-17-9-7-12)18-16-15(20(21)22)10-13-4-2-3-5-14(13)19-16/h2-11H,1H3,(H,18,19)/t11-/m0/s1. The summed E-state index contributed by atoms with van der Waals surface area (Å²) in [5.41, 5.74) is 1.68. The fourth-order valence-corrected chi connectivity index (χ4v) is 2.29. The SMILES string of the molecule is C[C@H](Nc1nc2ccccc2cc1[N+](=O)[O-])c1ccncc1. The van der Waals surface area contributed by atoms with Crippen molar-refractivity contribution in [2.75, 3.05) is 5.32 Å². The van der Waals surface area contributed by atoms with E-state index in [9.17, 15) is 10.1 Å². The van der Waals surface area contributed by atoms with Crippen LogP contribution in [0.5, 0.6) is 0 Å². The minimum absolute atomic E-state index is 0.0281. The van der Waals surface area contributed by atoms with Gasteiger partial charge >= 0.3 is 5.69 Å². The van der Waals surface area contributed by atoms with Crippen molar-refractivity contribution in [3.8, 4) is 0 Å². The predicted octanol–water partition coefficient (Wildman–Crippen LogP) is 3.71. The highest BCUT2D eigenvalue weighted by Gasteiger charge is 2.19. The van der Waals surface area contributed by atoms with Crippen LogP contribution in [0.1, 0.15) is 18.5 Å². The van der Waals surface area contributed by atoms with Gasteiger partial charge in [-0.3, -0.25) is 15.1 Å². The Morgan fingerprint density at radius 2 is 1.91 bits per heavy atom. The van der Waals surface area contributed by atoms with Crippen molar-refractivity contribution in [2.24, 2.45) is 0 Å². The van der Waals surface area contributed by atoms with Gasteiger partial charge in [0.05, 0.1) is 16.5 Å². The molecule has 1 atom stereocenters. The molecule has 110 valence electrons. The van der Waals surface area contributed by atoms with Crippen LogP contribution in [0.4, 0.5) is 11.5 Å². The molecule has 0 saturated heterocycles. The third-order valence-electron chi connectivity index (χ3n) is 3.46. The average Bonchev–Trinajstić information content (AvgIpc) is 2.54. The average molecular weight is 294 g/mol. The molecule has 0 saturated carbocycles. The van der Waals surface area contributed by atoms with Gasteiger partial charge in [-0.1, -0.05) is 18.2 Å². The highest BCUT2D eigenvalue weighted by atomic mass is 16.6. The molecule has 22 heavy (non-hydrogen) atoms. The Kier molecular flexibility index (Phi) is 3.65. The maximum atomic E-state index is 11.3. The van der Waals surface area contributed by atoms with E-state index >= 15 is 0 Å². The van der Waals surface area contributed by atoms with Crippen LogP contribution in [-0.4, -0.2) is 14.9 Å². The van der Waals surface area contributed by atoms with Crippen molar-refractivity contribution >= 4 is 22.4 Å². The molecule has 3 aromatic rings. The third kappa shape index (κ3) is 2.71. The summed E-state index contributed by atoms with van der Waals surface area (Å²) in [4.78, 5) is 19.2. The van der Waals surface area contributed by atoms with Crippen LogP contribution >= 0.6 is 0 Å². The number of nitrogens with one attached hydrogen (secondary N) is 1. The van der Waals surface area contributed by atoms with Gasteiger partial charge in [0.1, 0.15) is 0 Å². The van der Waals surface area contributed by atoms with Crippen LogP contribution in [0.3, 0.4) is 0 Å². The van der Waals surface area contributed by atoms with Crippen LogP contribution < -0.4 is 5.32 Å². The Morgan fingerprint density at radius 3 is 2.64 bits per heavy atom. The number of benzene rings is 1. The highest BCUT2D eigenvalue weighted by Crippen LogP contribution is 2.29. The van der Waals surface area contributed by atoms with Crippen LogP contribution in [0.15, 0.2) is 54.9 Å². The number of pyridine rings is 2. The molecule has 2 aromatic heterocycles. The van der Waals surface area contributed by atoms with Crippen molar-refractivity contribution in [3.05, 3.63) is 70.5 Å². The molecule has 0 aliphatic rings. The van der Waals surface area contributed by atoms with E-state index in [1.54, 1.807) is 18.5 Å². The quantitative estimate of drug-likeness (QED) is 0.586. The summed E-state index contributed by atoms with van der Waals surface area (Å²) in [5, 5.41) is 15.2. The summed E-state index contributed by atoms with van der Waals surface area (Å²) in [6.07, 6.45) is 3.38. The van der Waals surface area contributed by atoms with Gasteiger partial charge in [0.2, 0.25) is 5.82 Å². The molecule has 0 amide bonds. The second-order valence-corrected chi connectivity index (χ2v) is 4.95. The highest BCUT2D eigenvalue weighted by molar-refractivity contribution is 5.84. The van der Waals surface area contributed by atoms with Gasteiger partial charge in [-0.2, -0.15) is 0 Å². The molecule has 0 aliphatic heterocycles. The maximum Gasteiger partial charge on any atom is 0.312 e. The minimum Gasteiger partial charge on any atom is -0.358 e. The van der Waals surface area contributed by atoms with E-state index in [-0.39, 0.29) is 17.5 Å². The Hall–Kier alpha value is -3.02. The fraction of sp³-hybridized carbons (Fsp3) is 0.125. The number of rotatable bonds is 4. The Morgan fingerprint density at radius 1 is 1.18 bits per heavy atom. The second kappa shape index (κ2) is 5.77. The van der Waals surface area contributed by atoms with Crippen LogP contribution in [0.25, 0.3) is 10.9 Å². The number of hydrogen-bond acceptors (Lipinski definition) is 5. The molecule has 0 spiro atoms. The number of fused-ring (bicyclic) bond motifs is 1. The third-order valence-corrected chi connectivity index (χ3v) is 3.46. The Bertz CT molecular complexity index is 821. The van der Waals surface area contributed by atoms with Crippen molar-refractivity contribution in [2.45, 2.75) is 13.0 Å². The molecule has 0 fully saturated rings. The molecule has 0 aliphatic carbocycles. The van der Waals surface area contributed by atoms with Crippen LogP contribution in [-0.2, 0) is 0 Å². The monoisotopic (exact) mass is 294 g/mol. The van der Waals surface area contributed by atoms with Gasteiger partial charge in [-0.05, 0) is 30.7 Å². The lowest BCUT2D eigenvalue weighted by Gasteiger charge is -2.15. The van der Waals surface area contributed by atoms with E-state index in [2.05, 4.69) is 15.3 Å². The first-order chi connectivity index (χ1) is 10.6. The van der Waals surface area contributed by atoms with Crippen molar-refractivity contribution in [1.82, 2.24) is 9.97 Å². The van der Waals surface area contributed by atoms with Gasteiger partial charge in [0.25, 0.3) is 0 Å². The topological polar surface area (TPSA) is 81.0 Å². The number of para-hydroxylation sites is 1. The summed E-state index contributed by atoms with van der Waals surface area (Å²) < 4.78 is 0. The first-order valence-corrected chi connectivity index (χ1v) is 6.86. The zero-order valence-electron chi connectivity index (χ0n) is 11.9. The van der Waals surface area contributed by atoms with Gasteiger partial charge in [-0.15, -0.1) is 0 Å². The van der Waals surface area contributed by atoms with E-state index in [0.29, 0.717) is 0 Å². The van der Waals surface area contributed by atoms with Crippen LogP contribution in [0, 0.1) is 10.1 Å². The lowest BCUT2D eigenvalue weighted by atomic mass is 10.1.